The summed E-state index contributed by atoms with van der Waals surface area (Å²) in [6.45, 7) is 2.09. The van der Waals surface area contributed by atoms with Crippen LogP contribution in [0.5, 0.6) is 0 Å². The summed E-state index contributed by atoms with van der Waals surface area (Å²) in [5.41, 5.74) is 1.17. The van der Waals surface area contributed by atoms with Gasteiger partial charge < -0.3 is 5.32 Å². The standard InChI is InChI=1S/C15H17NOS/c1-2-14(12-7-4-3-5-8-12)16-15(17)11-13-9-6-10-18-13/h3-10,14H,2,11H2,1H3,(H,16,17)/t14-/m1/s1. The first-order valence-electron chi connectivity index (χ1n) is 6.16. The Kier molecular flexibility index (Phi) is 4.53. The zero-order chi connectivity index (χ0) is 12.8. The van der Waals surface area contributed by atoms with Gasteiger partial charge in [-0.3, -0.25) is 4.79 Å². The zero-order valence-electron chi connectivity index (χ0n) is 10.4. The van der Waals surface area contributed by atoms with E-state index >= 15 is 0 Å². The number of carbonyl (C=O) groups excluding carboxylic acids is 1. The minimum absolute atomic E-state index is 0.0909. The second-order valence-corrected chi connectivity index (χ2v) is 5.23. The number of thiophene rings is 1. The van der Waals surface area contributed by atoms with Crippen molar-refractivity contribution in [1.29, 1.82) is 0 Å². The second kappa shape index (κ2) is 6.36. The maximum Gasteiger partial charge on any atom is 0.225 e. The molecule has 2 rings (SSSR count). The molecule has 0 aliphatic rings. The van der Waals surface area contributed by atoms with Gasteiger partial charge in [0.1, 0.15) is 0 Å². The Morgan fingerprint density at radius 3 is 2.61 bits per heavy atom. The van der Waals surface area contributed by atoms with Crippen LogP contribution in [0.3, 0.4) is 0 Å². The third-order valence-corrected chi connectivity index (χ3v) is 3.74. The molecule has 1 heterocycles. The first-order valence-corrected chi connectivity index (χ1v) is 7.04. The maximum absolute atomic E-state index is 11.9. The van der Waals surface area contributed by atoms with Gasteiger partial charge >= 0.3 is 0 Å². The van der Waals surface area contributed by atoms with Crippen molar-refractivity contribution in [2.24, 2.45) is 0 Å². The van der Waals surface area contributed by atoms with E-state index in [1.54, 1.807) is 11.3 Å². The van der Waals surface area contributed by atoms with Gasteiger partial charge in [-0.2, -0.15) is 0 Å². The number of hydrogen-bond acceptors (Lipinski definition) is 2. The van der Waals surface area contributed by atoms with E-state index in [1.807, 2.05) is 35.7 Å². The van der Waals surface area contributed by atoms with Gasteiger partial charge in [0.25, 0.3) is 0 Å². The normalized spacial score (nSPS) is 12.1. The fraction of sp³-hybridized carbons (Fsp3) is 0.267. The lowest BCUT2D eigenvalue weighted by Gasteiger charge is -2.17. The number of amides is 1. The molecule has 1 amide bonds. The Labute approximate surface area is 112 Å². The molecule has 0 aliphatic carbocycles. The third kappa shape index (κ3) is 3.44. The predicted octanol–water partition coefficient (Wildman–Crippen LogP) is 3.56. The minimum Gasteiger partial charge on any atom is -0.349 e. The van der Waals surface area contributed by atoms with Crippen LogP contribution in [-0.2, 0) is 11.2 Å². The van der Waals surface area contributed by atoms with Gasteiger partial charge in [0.2, 0.25) is 5.91 Å². The summed E-state index contributed by atoms with van der Waals surface area (Å²) in [6.07, 6.45) is 1.38. The van der Waals surface area contributed by atoms with E-state index in [0.29, 0.717) is 6.42 Å². The first kappa shape index (κ1) is 12.8. The topological polar surface area (TPSA) is 29.1 Å². The predicted molar refractivity (Wildman–Crippen MR) is 75.6 cm³/mol. The van der Waals surface area contributed by atoms with Gasteiger partial charge in [0, 0.05) is 4.88 Å². The lowest BCUT2D eigenvalue weighted by atomic mass is 10.0. The van der Waals surface area contributed by atoms with Crippen molar-refractivity contribution < 1.29 is 4.79 Å². The molecule has 1 aromatic carbocycles. The molecule has 3 heteroatoms. The molecule has 0 saturated heterocycles. The SMILES string of the molecule is CC[C@@H](NC(=O)Cc1cccs1)c1ccccc1. The highest BCUT2D eigenvalue weighted by Crippen LogP contribution is 2.16. The Hall–Kier alpha value is -1.61. The van der Waals surface area contributed by atoms with E-state index in [4.69, 9.17) is 0 Å². The summed E-state index contributed by atoms with van der Waals surface area (Å²) in [4.78, 5) is 13.1. The summed E-state index contributed by atoms with van der Waals surface area (Å²) in [5, 5.41) is 5.09. The average Bonchev–Trinajstić information content (AvgIpc) is 2.90. The summed E-state index contributed by atoms with van der Waals surface area (Å²) < 4.78 is 0. The van der Waals surface area contributed by atoms with Gasteiger partial charge in [-0.1, -0.05) is 43.3 Å². The fourth-order valence-electron chi connectivity index (χ4n) is 1.92. The molecular formula is C15H17NOS. The van der Waals surface area contributed by atoms with Crippen molar-refractivity contribution in [3.8, 4) is 0 Å². The molecule has 2 nitrogen and oxygen atoms in total. The Morgan fingerprint density at radius 2 is 2.00 bits per heavy atom. The highest BCUT2D eigenvalue weighted by atomic mass is 32.1. The summed E-state index contributed by atoms with van der Waals surface area (Å²) in [5.74, 6) is 0.0909. The maximum atomic E-state index is 11.9. The van der Waals surface area contributed by atoms with Crippen LogP contribution in [0, 0.1) is 0 Å². The Balaban J connectivity index is 1.96. The van der Waals surface area contributed by atoms with E-state index in [1.165, 1.54) is 5.56 Å². The van der Waals surface area contributed by atoms with E-state index < -0.39 is 0 Å². The van der Waals surface area contributed by atoms with Crippen LogP contribution in [-0.4, -0.2) is 5.91 Å². The molecule has 0 bridgehead atoms. The number of nitrogens with one attached hydrogen (secondary N) is 1. The average molecular weight is 259 g/mol. The van der Waals surface area contributed by atoms with Crippen LogP contribution in [0.25, 0.3) is 0 Å². The molecule has 0 spiro atoms. The van der Waals surface area contributed by atoms with Crippen molar-refractivity contribution in [3.63, 3.8) is 0 Å². The van der Waals surface area contributed by atoms with Crippen LogP contribution in [0.2, 0.25) is 0 Å². The van der Waals surface area contributed by atoms with Crippen LogP contribution in [0.15, 0.2) is 47.8 Å². The van der Waals surface area contributed by atoms with Gasteiger partial charge in [-0.25, -0.2) is 0 Å². The molecule has 18 heavy (non-hydrogen) atoms. The summed E-state index contributed by atoms with van der Waals surface area (Å²) >= 11 is 1.62. The minimum atomic E-state index is 0.0909. The monoisotopic (exact) mass is 259 g/mol. The first-order chi connectivity index (χ1) is 8.79. The molecule has 2 aromatic rings. The van der Waals surface area contributed by atoms with Crippen molar-refractivity contribution in [2.75, 3.05) is 0 Å². The van der Waals surface area contributed by atoms with E-state index in [0.717, 1.165) is 11.3 Å². The number of hydrogen-bond donors (Lipinski definition) is 1. The molecule has 0 unspecified atom stereocenters. The van der Waals surface area contributed by atoms with Gasteiger partial charge in [0.15, 0.2) is 0 Å². The van der Waals surface area contributed by atoms with Crippen molar-refractivity contribution in [2.45, 2.75) is 25.8 Å². The quantitative estimate of drug-likeness (QED) is 0.874. The van der Waals surface area contributed by atoms with Crippen LogP contribution in [0.1, 0.15) is 29.8 Å². The van der Waals surface area contributed by atoms with Crippen LogP contribution >= 0.6 is 11.3 Å². The smallest absolute Gasteiger partial charge is 0.225 e. The van der Waals surface area contributed by atoms with Crippen molar-refractivity contribution >= 4 is 17.2 Å². The lowest BCUT2D eigenvalue weighted by molar-refractivity contribution is -0.121. The third-order valence-electron chi connectivity index (χ3n) is 2.86. The van der Waals surface area contributed by atoms with Gasteiger partial charge in [-0.05, 0) is 23.4 Å². The Bertz CT molecular complexity index is 478. The number of benzene rings is 1. The highest BCUT2D eigenvalue weighted by Gasteiger charge is 2.12. The molecule has 0 aliphatic heterocycles. The van der Waals surface area contributed by atoms with Crippen molar-refractivity contribution in [3.05, 3.63) is 58.3 Å². The molecule has 1 atom stereocenters. The van der Waals surface area contributed by atoms with Gasteiger partial charge in [0.05, 0.1) is 12.5 Å². The van der Waals surface area contributed by atoms with Crippen molar-refractivity contribution in [1.82, 2.24) is 5.32 Å². The number of rotatable bonds is 5. The van der Waals surface area contributed by atoms with Gasteiger partial charge in [-0.15, -0.1) is 11.3 Å². The second-order valence-electron chi connectivity index (χ2n) is 4.20. The molecular weight excluding hydrogens is 242 g/mol. The molecule has 1 N–H and O–H groups in total. The largest absolute Gasteiger partial charge is 0.349 e. The zero-order valence-corrected chi connectivity index (χ0v) is 11.2. The van der Waals surface area contributed by atoms with Crippen LogP contribution < -0.4 is 5.32 Å². The van der Waals surface area contributed by atoms with E-state index in [-0.39, 0.29) is 11.9 Å². The van der Waals surface area contributed by atoms with Crippen LogP contribution in [0.4, 0.5) is 0 Å². The Morgan fingerprint density at radius 1 is 1.22 bits per heavy atom. The molecule has 0 radical (unpaired) electrons. The summed E-state index contributed by atoms with van der Waals surface area (Å²) in [6, 6.07) is 14.2. The van der Waals surface area contributed by atoms with E-state index in [9.17, 15) is 4.79 Å². The molecule has 0 fully saturated rings. The number of carbonyl (C=O) groups is 1. The molecule has 94 valence electrons. The molecule has 0 saturated carbocycles. The fourth-order valence-corrected chi connectivity index (χ4v) is 2.63. The highest BCUT2D eigenvalue weighted by molar-refractivity contribution is 7.10. The summed E-state index contributed by atoms with van der Waals surface area (Å²) in [7, 11) is 0. The lowest BCUT2D eigenvalue weighted by Crippen LogP contribution is -2.29. The molecule has 1 aromatic heterocycles. The van der Waals surface area contributed by atoms with E-state index in [2.05, 4.69) is 24.4 Å².